The molecule has 1 aliphatic rings. The van der Waals surface area contributed by atoms with Gasteiger partial charge in [-0.25, -0.2) is 4.79 Å². The molecular formula is C12H23N3O2S. The Bertz CT molecular complexity index is 299. The first-order valence-corrected chi connectivity index (χ1v) is 7.74. The van der Waals surface area contributed by atoms with E-state index < -0.39 is 6.03 Å². The van der Waals surface area contributed by atoms with Crippen molar-refractivity contribution in [1.29, 1.82) is 0 Å². The van der Waals surface area contributed by atoms with Gasteiger partial charge in [0.2, 0.25) is 5.91 Å². The van der Waals surface area contributed by atoms with Gasteiger partial charge in [-0.1, -0.05) is 6.42 Å². The largest absolute Gasteiger partial charge is 0.338 e. The highest BCUT2D eigenvalue weighted by atomic mass is 32.2. The topological polar surface area (TPSA) is 70.2 Å². The number of imide groups is 1. The van der Waals surface area contributed by atoms with E-state index in [0.717, 1.165) is 6.42 Å². The molecule has 0 heterocycles. The zero-order valence-electron chi connectivity index (χ0n) is 11.3. The fraction of sp³-hybridized carbons (Fsp3) is 0.833. The molecule has 1 aliphatic carbocycles. The van der Waals surface area contributed by atoms with Crippen LogP contribution in [0.25, 0.3) is 0 Å². The lowest BCUT2D eigenvalue weighted by Gasteiger charge is -2.23. The molecule has 0 aromatic carbocycles. The van der Waals surface area contributed by atoms with Gasteiger partial charge in [0.05, 0.1) is 6.04 Å². The summed E-state index contributed by atoms with van der Waals surface area (Å²) in [5.41, 5.74) is 0. The normalized spacial score (nSPS) is 24.6. The Hall–Kier alpha value is -0.750. The SMILES string of the molecule is CCNC(=O)NC(=O)C(C)NC1CCCC1SC. The number of carbonyl (C=O) groups is 2. The van der Waals surface area contributed by atoms with Crippen LogP contribution >= 0.6 is 11.8 Å². The van der Waals surface area contributed by atoms with Crippen molar-refractivity contribution in [2.45, 2.75) is 50.4 Å². The summed E-state index contributed by atoms with van der Waals surface area (Å²) in [6.45, 7) is 4.12. The fourth-order valence-corrected chi connectivity index (χ4v) is 3.17. The maximum absolute atomic E-state index is 11.8. The van der Waals surface area contributed by atoms with E-state index in [9.17, 15) is 9.59 Å². The van der Waals surface area contributed by atoms with Crippen molar-refractivity contribution >= 4 is 23.7 Å². The summed E-state index contributed by atoms with van der Waals surface area (Å²) in [6.07, 6.45) is 5.60. The van der Waals surface area contributed by atoms with Crippen LogP contribution in [0.3, 0.4) is 0 Å². The zero-order valence-corrected chi connectivity index (χ0v) is 12.1. The van der Waals surface area contributed by atoms with Crippen LogP contribution in [0.15, 0.2) is 0 Å². The molecule has 1 fully saturated rings. The van der Waals surface area contributed by atoms with Crippen molar-refractivity contribution in [3.63, 3.8) is 0 Å². The standard InChI is InChI=1S/C12H23N3O2S/c1-4-13-12(17)15-11(16)8(2)14-9-6-5-7-10(9)18-3/h8-10,14H,4-7H2,1-3H3,(H2,13,15,16,17). The highest BCUT2D eigenvalue weighted by Crippen LogP contribution is 2.28. The van der Waals surface area contributed by atoms with Crippen LogP contribution in [0.2, 0.25) is 0 Å². The predicted molar refractivity (Wildman–Crippen MR) is 74.8 cm³/mol. The van der Waals surface area contributed by atoms with Gasteiger partial charge >= 0.3 is 6.03 Å². The summed E-state index contributed by atoms with van der Waals surface area (Å²) in [7, 11) is 0. The van der Waals surface area contributed by atoms with E-state index in [0.29, 0.717) is 17.8 Å². The summed E-state index contributed by atoms with van der Waals surface area (Å²) in [5.74, 6) is -0.271. The Morgan fingerprint density at radius 1 is 1.39 bits per heavy atom. The lowest BCUT2D eigenvalue weighted by atomic mass is 10.2. The van der Waals surface area contributed by atoms with Gasteiger partial charge in [0, 0.05) is 17.8 Å². The first-order valence-electron chi connectivity index (χ1n) is 6.46. The summed E-state index contributed by atoms with van der Waals surface area (Å²) < 4.78 is 0. The highest BCUT2D eigenvalue weighted by molar-refractivity contribution is 7.99. The van der Waals surface area contributed by atoms with Crippen LogP contribution < -0.4 is 16.0 Å². The van der Waals surface area contributed by atoms with Gasteiger partial charge in [-0.2, -0.15) is 11.8 Å². The van der Waals surface area contributed by atoms with E-state index in [4.69, 9.17) is 0 Å². The second-order valence-electron chi connectivity index (χ2n) is 4.55. The van der Waals surface area contributed by atoms with Crippen molar-refractivity contribution in [2.75, 3.05) is 12.8 Å². The Kier molecular flexibility index (Phi) is 6.49. The Morgan fingerprint density at radius 3 is 2.72 bits per heavy atom. The van der Waals surface area contributed by atoms with Gasteiger partial charge in [0.1, 0.15) is 0 Å². The molecule has 104 valence electrons. The van der Waals surface area contributed by atoms with Crippen LogP contribution in [0.1, 0.15) is 33.1 Å². The fourth-order valence-electron chi connectivity index (χ4n) is 2.22. The minimum absolute atomic E-state index is 0.271. The molecule has 3 N–H and O–H groups in total. The molecule has 0 radical (unpaired) electrons. The van der Waals surface area contributed by atoms with Gasteiger partial charge in [0.25, 0.3) is 0 Å². The molecule has 1 rings (SSSR count). The molecule has 18 heavy (non-hydrogen) atoms. The third-order valence-corrected chi connectivity index (χ3v) is 4.36. The first kappa shape index (κ1) is 15.3. The number of thioether (sulfide) groups is 1. The molecule has 1 saturated carbocycles. The van der Waals surface area contributed by atoms with Crippen molar-refractivity contribution in [3.8, 4) is 0 Å². The molecule has 0 aliphatic heterocycles. The second kappa shape index (κ2) is 7.63. The molecule has 0 aromatic heterocycles. The molecule has 3 atom stereocenters. The summed E-state index contributed by atoms with van der Waals surface area (Å²) in [6, 6.07) is -0.399. The van der Waals surface area contributed by atoms with Gasteiger partial charge in [-0.15, -0.1) is 0 Å². The average molecular weight is 273 g/mol. The van der Waals surface area contributed by atoms with Crippen LogP contribution in [0.5, 0.6) is 0 Å². The summed E-state index contributed by atoms with van der Waals surface area (Å²) in [5, 5.41) is 8.76. The van der Waals surface area contributed by atoms with E-state index >= 15 is 0 Å². The van der Waals surface area contributed by atoms with E-state index in [2.05, 4.69) is 22.2 Å². The molecule has 5 nitrogen and oxygen atoms in total. The molecule has 3 unspecified atom stereocenters. The van der Waals surface area contributed by atoms with Gasteiger partial charge in [0.15, 0.2) is 0 Å². The number of amides is 3. The van der Waals surface area contributed by atoms with Crippen molar-refractivity contribution < 1.29 is 9.59 Å². The molecule has 0 bridgehead atoms. The Balaban J connectivity index is 2.37. The number of hydrogen-bond acceptors (Lipinski definition) is 4. The van der Waals surface area contributed by atoms with Crippen molar-refractivity contribution in [2.24, 2.45) is 0 Å². The van der Waals surface area contributed by atoms with E-state index in [1.165, 1.54) is 12.8 Å². The Labute approximate surface area is 113 Å². The smallest absolute Gasteiger partial charge is 0.321 e. The van der Waals surface area contributed by atoms with Crippen LogP contribution in [0, 0.1) is 0 Å². The molecular weight excluding hydrogens is 250 g/mol. The maximum Gasteiger partial charge on any atom is 0.321 e. The molecule has 0 aromatic rings. The quantitative estimate of drug-likeness (QED) is 0.701. The van der Waals surface area contributed by atoms with Crippen molar-refractivity contribution in [1.82, 2.24) is 16.0 Å². The third kappa shape index (κ3) is 4.49. The summed E-state index contributed by atoms with van der Waals surface area (Å²) >= 11 is 1.84. The average Bonchev–Trinajstić information content (AvgIpc) is 2.76. The van der Waals surface area contributed by atoms with E-state index in [1.807, 2.05) is 18.7 Å². The van der Waals surface area contributed by atoms with Gasteiger partial charge in [-0.3, -0.25) is 10.1 Å². The molecule has 6 heteroatoms. The Morgan fingerprint density at radius 2 is 2.11 bits per heavy atom. The lowest BCUT2D eigenvalue weighted by molar-refractivity contribution is -0.121. The minimum Gasteiger partial charge on any atom is -0.338 e. The van der Waals surface area contributed by atoms with Gasteiger partial charge < -0.3 is 10.6 Å². The maximum atomic E-state index is 11.8. The van der Waals surface area contributed by atoms with Crippen molar-refractivity contribution in [3.05, 3.63) is 0 Å². The van der Waals surface area contributed by atoms with E-state index in [1.54, 1.807) is 6.92 Å². The third-order valence-electron chi connectivity index (χ3n) is 3.19. The highest BCUT2D eigenvalue weighted by Gasteiger charge is 2.29. The van der Waals surface area contributed by atoms with Crippen LogP contribution in [-0.2, 0) is 4.79 Å². The number of rotatable bonds is 5. The number of urea groups is 1. The zero-order chi connectivity index (χ0) is 13.5. The van der Waals surface area contributed by atoms with Gasteiger partial charge in [-0.05, 0) is 32.9 Å². The predicted octanol–water partition coefficient (Wildman–Crippen LogP) is 1.09. The van der Waals surface area contributed by atoms with Crippen LogP contribution in [-0.4, -0.2) is 42.1 Å². The molecule has 0 saturated heterocycles. The minimum atomic E-state index is -0.427. The monoisotopic (exact) mass is 273 g/mol. The van der Waals surface area contributed by atoms with Crippen LogP contribution in [0.4, 0.5) is 4.79 Å². The number of hydrogen-bond donors (Lipinski definition) is 3. The van der Waals surface area contributed by atoms with E-state index in [-0.39, 0.29) is 11.9 Å². The number of carbonyl (C=O) groups excluding carboxylic acids is 2. The molecule has 3 amide bonds. The second-order valence-corrected chi connectivity index (χ2v) is 5.63. The summed E-state index contributed by atoms with van der Waals surface area (Å²) in [4.78, 5) is 23.0. The molecule has 0 spiro atoms. The first-order chi connectivity index (χ1) is 8.58. The lowest BCUT2D eigenvalue weighted by Crippen LogP contribution is -2.51. The number of nitrogens with one attached hydrogen (secondary N) is 3.